The van der Waals surface area contributed by atoms with Gasteiger partial charge in [0.2, 0.25) is 0 Å². The zero-order chi connectivity index (χ0) is 13.4. The molecule has 1 fully saturated rings. The van der Waals surface area contributed by atoms with Gasteiger partial charge in [-0.1, -0.05) is 17.7 Å². The fourth-order valence-corrected chi connectivity index (χ4v) is 2.26. The number of aromatic nitrogens is 2. The molecule has 0 saturated heterocycles. The molecule has 1 aliphatic rings. The number of halogens is 1. The van der Waals surface area contributed by atoms with Crippen LogP contribution in [0.5, 0.6) is 0 Å². The third-order valence-corrected chi connectivity index (χ3v) is 3.96. The molecule has 0 amide bonds. The highest BCUT2D eigenvalue weighted by Gasteiger charge is 2.20. The predicted octanol–water partition coefficient (Wildman–Crippen LogP) is 3.39. The van der Waals surface area contributed by atoms with Crippen molar-refractivity contribution in [3.8, 4) is 5.69 Å². The van der Waals surface area contributed by atoms with E-state index in [1.165, 1.54) is 24.0 Å². The molecule has 0 radical (unpaired) electrons. The molecule has 1 saturated carbocycles. The Balaban J connectivity index is 1.81. The van der Waals surface area contributed by atoms with Gasteiger partial charge in [0, 0.05) is 18.8 Å². The minimum atomic E-state index is 0.706. The highest BCUT2D eigenvalue weighted by molar-refractivity contribution is 6.31. The van der Waals surface area contributed by atoms with Crippen LogP contribution in [0.3, 0.4) is 0 Å². The number of nitrogens with zero attached hydrogens (tertiary/aromatic N) is 2. The molecule has 19 heavy (non-hydrogen) atoms. The van der Waals surface area contributed by atoms with Crippen LogP contribution >= 0.6 is 11.6 Å². The van der Waals surface area contributed by atoms with E-state index in [0.29, 0.717) is 5.02 Å². The van der Waals surface area contributed by atoms with Crippen LogP contribution in [-0.2, 0) is 6.54 Å². The first-order chi connectivity index (χ1) is 9.13. The first kappa shape index (κ1) is 12.7. The Hall–Kier alpha value is -1.32. The molecule has 0 unspecified atom stereocenters. The molecular formula is C15H18ClN3. The van der Waals surface area contributed by atoms with Gasteiger partial charge in [-0.25, -0.2) is 4.68 Å². The fourth-order valence-electron chi connectivity index (χ4n) is 2.13. The molecule has 1 aromatic carbocycles. The Morgan fingerprint density at radius 3 is 2.74 bits per heavy atom. The first-order valence-corrected chi connectivity index (χ1v) is 7.06. The van der Waals surface area contributed by atoms with Gasteiger partial charge in [-0.2, -0.15) is 5.10 Å². The smallest absolute Gasteiger partial charge is 0.0819 e. The summed E-state index contributed by atoms with van der Waals surface area (Å²) in [4.78, 5) is 0. The van der Waals surface area contributed by atoms with Gasteiger partial charge < -0.3 is 5.32 Å². The Bertz CT molecular complexity index is 580. The molecule has 100 valence electrons. The Morgan fingerprint density at radius 1 is 1.37 bits per heavy atom. The number of nitrogens with one attached hydrogen (secondary N) is 1. The third kappa shape index (κ3) is 2.82. The fraction of sp³-hybridized carbons (Fsp3) is 0.400. The summed E-state index contributed by atoms with van der Waals surface area (Å²) in [6.45, 7) is 5.01. The van der Waals surface area contributed by atoms with E-state index >= 15 is 0 Å². The quantitative estimate of drug-likeness (QED) is 0.927. The van der Waals surface area contributed by atoms with Gasteiger partial charge in [0.15, 0.2) is 0 Å². The summed E-state index contributed by atoms with van der Waals surface area (Å²) in [6, 6.07) is 7.17. The molecule has 4 heteroatoms. The minimum absolute atomic E-state index is 0.706. The van der Waals surface area contributed by atoms with E-state index in [4.69, 9.17) is 11.6 Å². The maximum Gasteiger partial charge on any atom is 0.0819 e. The first-order valence-electron chi connectivity index (χ1n) is 6.68. The summed E-state index contributed by atoms with van der Waals surface area (Å²) >= 11 is 6.05. The second-order valence-electron chi connectivity index (χ2n) is 5.27. The maximum atomic E-state index is 6.05. The molecule has 0 bridgehead atoms. The summed E-state index contributed by atoms with van der Waals surface area (Å²) in [6.07, 6.45) is 4.50. The number of rotatable bonds is 4. The zero-order valence-electron chi connectivity index (χ0n) is 11.3. The van der Waals surface area contributed by atoms with Crippen molar-refractivity contribution < 1.29 is 0 Å². The summed E-state index contributed by atoms with van der Waals surface area (Å²) in [5.74, 6) is 0. The minimum Gasteiger partial charge on any atom is -0.310 e. The summed E-state index contributed by atoms with van der Waals surface area (Å²) in [5.41, 5.74) is 4.56. The van der Waals surface area contributed by atoms with Crippen LogP contribution in [0.4, 0.5) is 0 Å². The van der Waals surface area contributed by atoms with Crippen molar-refractivity contribution in [1.82, 2.24) is 15.1 Å². The molecule has 1 heterocycles. The van der Waals surface area contributed by atoms with Crippen LogP contribution in [-0.4, -0.2) is 15.8 Å². The van der Waals surface area contributed by atoms with Crippen LogP contribution < -0.4 is 5.32 Å². The van der Waals surface area contributed by atoms with Crippen molar-refractivity contribution in [1.29, 1.82) is 0 Å². The van der Waals surface area contributed by atoms with Crippen LogP contribution in [0.1, 0.15) is 29.7 Å². The summed E-state index contributed by atoms with van der Waals surface area (Å²) in [5, 5.41) is 8.65. The molecule has 0 spiro atoms. The predicted molar refractivity (Wildman–Crippen MR) is 77.9 cm³/mol. The van der Waals surface area contributed by atoms with Crippen LogP contribution in [0.2, 0.25) is 5.02 Å². The van der Waals surface area contributed by atoms with Gasteiger partial charge in [-0.05, 0) is 49.9 Å². The molecule has 1 aliphatic carbocycles. The molecule has 0 aliphatic heterocycles. The van der Waals surface area contributed by atoms with E-state index in [1.54, 1.807) is 0 Å². The molecule has 2 aromatic rings. The van der Waals surface area contributed by atoms with Gasteiger partial charge in [0.25, 0.3) is 0 Å². The lowest BCUT2D eigenvalue weighted by molar-refractivity contribution is 0.685. The van der Waals surface area contributed by atoms with Crippen molar-refractivity contribution in [2.45, 2.75) is 39.3 Å². The average molecular weight is 276 g/mol. The SMILES string of the molecule is Cc1cc(-n2cc(Cl)c(C)n2)ccc1CNC1CC1. The van der Waals surface area contributed by atoms with E-state index in [9.17, 15) is 0 Å². The standard InChI is InChI=1S/C15H18ClN3/c1-10-7-14(19-9-15(16)11(2)18-19)6-3-12(10)8-17-13-4-5-13/h3,6-7,9,13,17H,4-5,8H2,1-2H3. The largest absolute Gasteiger partial charge is 0.310 e. The normalized spacial score (nSPS) is 14.9. The number of hydrogen-bond acceptors (Lipinski definition) is 2. The number of benzene rings is 1. The lowest BCUT2D eigenvalue weighted by atomic mass is 10.1. The lowest BCUT2D eigenvalue weighted by Gasteiger charge is -2.09. The van der Waals surface area contributed by atoms with Crippen molar-refractivity contribution in [3.05, 3.63) is 46.2 Å². The number of aryl methyl sites for hydroxylation is 2. The maximum absolute atomic E-state index is 6.05. The highest BCUT2D eigenvalue weighted by Crippen LogP contribution is 2.21. The van der Waals surface area contributed by atoms with Crippen molar-refractivity contribution in [2.75, 3.05) is 0 Å². The summed E-state index contributed by atoms with van der Waals surface area (Å²) < 4.78 is 1.84. The van der Waals surface area contributed by atoms with E-state index < -0.39 is 0 Å². The second kappa shape index (κ2) is 4.99. The lowest BCUT2D eigenvalue weighted by Crippen LogP contribution is -2.16. The topological polar surface area (TPSA) is 29.9 Å². The van der Waals surface area contributed by atoms with Gasteiger partial charge in [0.1, 0.15) is 0 Å². The molecule has 1 N–H and O–H groups in total. The highest BCUT2D eigenvalue weighted by atomic mass is 35.5. The monoisotopic (exact) mass is 275 g/mol. The molecular weight excluding hydrogens is 258 g/mol. The van der Waals surface area contributed by atoms with Crippen molar-refractivity contribution in [2.24, 2.45) is 0 Å². The molecule has 3 nitrogen and oxygen atoms in total. The van der Waals surface area contributed by atoms with Crippen LogP contribution in [0.25, 0.3) is 5.69 Å². The van der Waals surface area contributed by atoms with Gasteiger partial charge in [0.05, 0.1) is 16.4 Å². The van der Waals surface area contributed by atoms with E-state index in [-0.39, 0.29) is 0 Å². The van der Waals surface area contributed by atoms with E-state index in [0.717, 1.165) is 24.0 Å². The molecule has 1 aromatic heterocycles. The van der Waals surface area contributed by atoms with E-state index in [2.05, 4.69) is 35.5 Å². The Morgan fingerprint density at radius 2 is 2.16 bits per heavy atom. The van der Waals surface area contributed by atoms with Crippen molar-refractivity contribution >= 4 is 11.6 Å². The van der Waals surface area contributed by atoms with Crippen molar-refractivity contribution in [3.63, 3.8) is 0 Å². The number of hydrogen-bond donors (Lipinski definition) is 1. The van der Waals surface area contributed by atoms with Gasteiger partial charge in [-0.3, -0.25) is 0 Å². The Kier molecular flexibility index (Phi) is 3.33. The van der Waals surface area contributed by atoms with Crippen LogP contribution in [0.15, 0.2) is 24.4 Å². The summed E-state index contributed by atoms with van der Waals surface area (Å²) in [7, 11) is 0. The van der Waals surface area contributed by atoms with Gasteiger partial charge in [-0.15, -0.1) is 0 Å². The zero-order valence-corrected chi connectivity index (χ0v) is 12.0. The average Bonchev–Trinajstić information content (AvgIpc) is 3.14. The molecule has 0 atom stereocenters. The molecule has 3 rings (SSSR count). The van der Waals surface area contributed by atoms with Crippen LogP contribution in [0, 0.1) is 13.8 Å². The second-order valence-corrected chi connectivity index (χ2v) is 5.68. The van der Waals surface area contributed by atoms with Gasteiger partial charge >= 0.3 is 0 Å². The van der Waals surface area contributed by atoms with E-state index in [1.807, 2.05) is 17.8 Å². The Labute approximate surface area is 118 Å². The third-order valence-electron chi connectivity index (χ3n) is 3.59.